The summed E-state index contributed by atoms with van der Waals surface area (Å²) >= 11 is 0. The number of hydrogen-bond acceptors (Lipinski definition) is 4. The van der Waals surface area contributed by atoms with Gasteiger partial charge in [0.05, 0.1) is 0 Å². The van der Waals surface area contributed by atoms with Crippen molar-refractivity contribution in [1.82, 2.24) is 15.2 Å². The van der Waals surface area contributed by atoms with E-state index in [9.17, 15) is 4.79 Å². The Hall–Kier alpha value is -1.88. The number of carbonyl (C=O) groups is 1. The summed E-state index contributed by atoms with van der Waals surface area (Å²) in [4.78, 5) is 18.0. The molecule has 0 aliphatic carbocycles. The molecule has 1 heterocycles. The summed E-state index contributed by atoms with van der Waals surface area (Å²) in [5.41, 5.74) is 2.01. The third-order valence-electron chi connectivity index (χ3n) is 2.66. The molecule has 0 saturated carbocycles. The first kappa shape index (κ1) is 12.6. The first-order chi connectivity index (χ1) is 8.66. The number of hydrogen-bond donors (Lipinski definition) is 1. The van der Waals surface area contributed by atoms with E-state index in [0.29, 0.717) is 23.2 Å². The number of aromatic nitrogens is 1. The summed E-state index contributed by atoms with van der Waals surface area (Å²) < 4.78 is 5.13. The fourth-order valence-electron chi connectivity index (χ4n) is 1.70. The summed E-state index contributed by atoms with van der Waals surface area (Å²) in [6.45, 7) is 1.64. The molecular formula is C13H17N3O2. The predicted molar refractivity (Wildman–Crippen MR) is 69.5 cm³/mol. The summed E-state index contributed by atoms with van der Waals surface area (Å²) in [7, 11) is 4.03. The lowest BCUT2D eigenvalue weighted by atomic mass is 10.2. The summed E-state index contributed by atoms with van der Waals surface area (Å²) in [5, 5.41) is 2.89. The van der Waals surface area contributed by atoms with Crippen molar-refractivity contribution in [2.45, 2.75) is 6.42 Å². The lowest BCUT2D eigenvalue weighted by Gasteiger charge is -2.09. The maximum Gasteiger partial charge on any atom is 0.251 e. The number of carbonyl (C=O) groups excluding carboxylic acids is 1. The Balaban J connectivity index is 1.92. The smallest absolute Gasteiger partial charge is 0.251 e. The largest absolute Gasteiger partial charge is 0.443 e. The maximum absolute atomic E-state index is 11.9. The van der Waals surface area contributed by atoms with E-state index in [1.54, 1.807) is 18.2 Å². The van der Waals surface area contributed by atoms with Crippen molar-refractivity contribution >= 4 is 17.0 Å². The van der Waals surface area contributed by atoms with Crippen molar-refractivity contribution in [2.24, 2.45) is 0 Å². The number of amides is 1. The number of nitrogens with one attached hydrogen (secondary N) is 1. The molecule has 1 aromatic heterocycles. The van der Waals surface area contributed by atoms with Gasteiger partial charge in [0.2, 0.25) is 0 Å². The molecule has 1 aromatic carbocycles. The average Bonchev–Trinajstić information content (AvgIpc) is 2.81. The second-order valence-electron chi connectivity index (χ2n) is 4.45. The molecule has 1 amide bonds. The van der Waals surface area contributed by atoms with Crippen LogP contribution in [0.3, 0.4) is 0 Å². The second-order valence-corrected chi connectivity index (χ2v) is 4.45. The molecule has 0 spiro atoms. The quantitative estimate of drug-likeness (QED) is 0.814. The Morgan fingerprint density at radius 1 is 1.44 bits per heavy atom. The fraction of sp³-hybridized carbons (Fsp3) is 0.385. The molecule has 0 aliphatic heterocycles. The van der Waals surface area contributed by atoms with Crippen LogP contribution < -0.4 is 5.32 Å². The third kappa shape index (κ3) is 3.07. The maximum atomic E-state index is 11.9. The van der Waals surface area contributed by atoms with Crippen molar-refractivity contribution in [3.05, 3.63) is 30.2 Å². The van der Waals surface area contributed by atoms with Gasteiger partial charge >= 0.3 is 0 Å². The minimum absolute atomic E-state index is 0.0707. The van der Waals surface area contributed by atoms with Crippen molar-refractivity contribution in [1.29, 1.82) is 0 Å². The van der Waals surface area contributed by atoms with Gasteiger partial charge < -0.3 is 14.6 Å². The van der Waals surface area contributed by atoms with E-state index in [1.165, 1.54) is 6.39 Å². The van der Waals surface area contributed by atoms with Crippen LogP contribution in [0.1, 0.15) is 16.8 Å². The lowest BCUT2D eigenvalue weighted by Crippen LogP contribution is -2.27. The lowest BCUT2D eigenvalue weighted by molar-refractivity contribution is 0.0952. The van der Waals surface area contributed by atoms with Gasteiger partial charge in [-0.25, -0.2) is 4.98 Å². The van der Waals surface area contributed by atoms with Crippen LogP contribution in [-0.4, -0.2) is 43.0 Å². The summed E-state index contributed by atoms with van der Waals surface area (Å²) in [6, 6.07) is 5.24. The van der Waals surface area contributed by atoms with Crippen LogP contribution in [0.2, 0.25) is 0 Å². The van der Waals surface area contributed by atoms with Crippen molar-refractivity contribution in [2.75, 3.05) is 27.2 Å². The fourth-order valence-corrected chi connectivity index (χ4v) is 1.70. The normalized spacial score (nSPS) is 11.1. The molecule has 2 aromatic rings. The molecular weight excluding hydrogens is 230 g/mol. The standard InChI is InChI=1S/C13H17N3O2/c1-16(2)7-3-6-14-13(17)10-4-5-12-11(8-10)15-9-18-12/h4-5,8-9H,3,6-7H2,1-2H3,(H,14,17). The number of fused-ring (bicyclic) bond motifs is 1. The summed E-state index contributed by atoms with van der Waals surface area (Å²) in [5.74, 6) is -0.0707. The molecule has 0 aliphatic rings. The number of benzene rings is 1. The molecule has 0 bridgehead atoms. The van der Waals surface area contributed by atoms with Gasteiger partial charge in [0.1, 0.15) is 5.52 Å². The molecule has 0 atom stereocenters. The highest BCUT2D eigenvalue weighted by Crippen LogP contribution is 2.13. The van der Waals surface area contributed by atoms with Gasteiger partial charge in [-0.05, 0) is 45.3 Å². The molecule has 0 unspecified atom stereocenters. The topological polar surface area (TPSA) is 58.4 Å². The highest BCUT2D eigenvalue weighted by atomic mass is 16.3. The minimum atomic E-state index is -0.0707. The Morgan fingerprint density at radius 2 is 2.28 bits per heavy atom. The molecule has 96 valence electrons. The Bertz CT molecular complexity index is 534. The van der Waals surface area contributed by atoms with E-state index in [0.717, 1.165) is 13.0 Å². The third-order valence-corrected chi connectivity index (χ3v) is 2.66. The predicted octanol–water partition coefficient (Wildman–Crippen LogP) is 1.51. The highest BCUT2D eigenvalue weighted by Gasteiger charge is 2.07. The number of oxazole rings is 1. The first-order valence-corrected chi connectivity index (χ1v) is 5.93. The van der Waals surface area contributed by atoms with Crippen LogP contribution in [0.15, 0.2) is 29.0 Å². The zero-order valence-corrected chi connectivity index (χ0v) is 10.6. The van der Waals surface area contributed by atoms with Gasteiger partial charge in [0.15, 0.2) is 12.0 Å². The minimum Gasteiger partial charge on any atom is -0.443 e. The van der Waals surface area contributed by atoms with Gasteiger partial charge in [0.25, 0.3) is 5.91 Å². The zero-order valence-electron chi connectivity index (χ0n) is 10.6. The van der Waals surface area contributed by atoms with Gasteiger partial charge in [-0.3, -0.25) is 4.79 Å². The van der Waals surface area contributed by atoms with E-state index in [-0.39, 0.29) is 5.91 Å². The van der Waals surface area contributed by atoms with Crippen molar-refractivity contribution < 1.29 is 9.21 Å². The Morgan fingerprint density at radius 3 is 3.06 bits per heavy atom. The van der Waals surface area contributed by atoms with E-state index >= 15 is 0 Å². The summed E-state index contributed by atoms with van der Waals surface area (Å²) in [6.07, 6.45) is 2.31. The van der Waals surface area contributed by atoms with Gasteiger partial charge in [0, 0.05) is 12.1 Å². The van der Waals surface area contributed by atoms with Crippen LogP contribution in [-0.2, 0) is 0 Å². The van der Waals surface area contributed by atoms with Crippen LogP contribution in [0.25, 0.3) is 11.1 Å². The van der Waals surface area contributed by atoms with Crippen LogP contribution in [0, 0.1) is 0 Å². The van der Waals surface area contributed by atoms with Crippen molar-refractivity contribution in [3.8, 4) is 0 Å². The van der Waals surface area contributed by atoms with Gasteiger partial charge in [-0.15, -0.1) is 0 Å². The van der Waals surface area contributed by atoms with E-state index in [2.05, 4.69) is 15.2 Å². The molecule has 18 heavy (non-hydrogen) atoms. The van der Waals surface area contributed by atoms with Gasteiger partial charge in [-0.1, -0.05) is 0 Å². The molecule has 1 N–H and O–H groups in total. The van der Waals surface area contributed by atoms with Crippen LogP contribution >= 0.6 is 0 Å². The number of nitrogens with zero attached hydrogens (tertiary/aromatic N) is 2. The van der Waals surface area contributed by atoms with E-state index < -0.39 is 0 Å². The first-order valence-electron chi connectivity index (χ1n) is 5.93. The molecule has 0 radical (unpaired) electrons. The SMILES string of the molecule is CN(C)CCCNC(=O)c1ccc2ocnc2c1. The Labute approximate surface area is 106 Å². The van der Waals surface area contributed by atoms with E-state index in [1.807, 2.05) is 14.1 Å². The monoisotopic (exact) mass is 247 g/mol. The van der Waals surface area contributed by atoms with Gasteiger partial charge in [-0.2, -0.15) is 0 Å². The molecule has 2 rings (SSSR count). The molecule has 5 nitrogen and oxygen atoms in total. The van der Waals surface area contributed by atoms with Crippen LogP contribution in [0.4, 0.5) is 0 Å². The molecule has 0 fully saturated rings. The zero-order chi connectivity index (χ0) is 13.0. The number of rotatable bonds is 5. The molecule has 0 saturated heterocycles. The van der Waals surface area contributed by atoms with E-state index in [4.69, 9.17) is 4.42 Å². The average molecular weight is 247 g/mol. The van der Waals surface area contributed by atoms with Crippen molar-refractivity contribution in [3.63, 3.8) is 0 Å². The molecule has 5 heteroatoms. The highest BCUT2D eigenvalue weighted by molar-refractivity contribution is 5.96. The van der Waals surface area contributed by atoms with Crippen LogP contribution in [0.5, 0.6) is 0 Å². The second kappa shape index (κ2) is 5.64. The Kier molecular flexibility index (Phi) is 3.94.